The zero-order valence-electron chi connectivity index (χ0n) is 12.2. The fourth-order valence-electron chi connectivity index (χ4n) is 1.93. The van der Waals surface area contributed by atoms with Crippen LogP contribution in [0.3, 0.4) is 0 Å². The molecule has 0 aliphatic carbocycles. The van der Waals surface area contributed by atoms with E-state index in [-0.39, 0.29) is 5.82 Å². The number of rotatable bonds is 4. The minimum atomic E-state index is -0.976. The maximum atomic E-state index is 12.2. The lowest BCUT2D eigenvalue weighted by atomic mass is 10.2. The average Bonchev–Trinajstić information content (AvgIpc) is 3.05. The van der Waals surface area contributed by atoms with Gasteiger partial charge in [-0.15, -0.1) is 0 Å². The summed E-state index contributed by atoms with van der Waals surface area (Å²) in [5.74, 6) is -0.786. The van der Waals surface area contributed by atoms with Crippen molar-refractivity contribution in [3.8, 4) is 0 Å². The highest BCUT2D eigenvalue weighted by Gasteiger charge is 2.20. The Morgan fingerprint density at radius 3 is 2.74 bits per heavy atom. The van der Waals surface area contributed by atoms with Crippen LogP contribution in [0.15, 0.2) is 43.0 Å². The number of amides is 1. The molecule has 3 rings (SSSR count). The molecule has 0 spiro atoms. The molecule has 0 saturated carbocycles. The third kappa shape index (κ3) is 3.15. The first kappa shape index (κ1) is 14.6. The zero-order valence-corrected chi connectivity index (χ0v) is 12.2. The van der Waals surface area contributed by atoms with Crippen LogP contribution in [0.1, 0.15) is 17.3 Å². The van der Waals surface area contributed by atoms with Gasteiger partial charge in [-0.05, 0) is 19.1 Å². The van der Waals surface area contributed by atoms with Gasteiger partial charge in [0.25, 0.3) is 5.91 Å². The van der Waals surface area contributed by atoms with Gasteiger partial charge in [0, 0.05) is 0 Å². The monoisotopic (exact) mass is 311 g/mol. The Morgan fingerprint density at radius 1 is 1.17 bits per heavy atom. The van der Waals surface area contributed by atoms with Gasteiger partial charge in [-0.2, -0.15) is 0 Å². The average molecular weight is 311 g/mol. The number of imidazole rings is 1. The van der Waals surface area contributed by atoms with Crippen molar-refractivity contribution in [3.05, 3.63) is 48.5 Å². The van der Waals surface area contributed by atoms with Gasteiger partial charge in [-0.25, -0.2) is 19.7 Å². The number of aromatic nitrogens is 4. The number of fused-ring (bicyclic) bond motifs is 1. The van der Waals surface area contributed by atoms with Gasteiger partial charge < -0.3 is 15.0 Å². The van der Waals surface area contributed by atoms with Crippen LogP contribution in [0.25, 0.3) is 11.2 Å². The molecule has 1 atom stereocenters. The number of carbonyl (C=O) groups excluding carboxylic acids is 2. The molecule has 0 radical (unpaired) electrons. The Bertz CT molecular complexity index is 846. The number of nitrogens with one attached hydrogen (secondary N) is 2. The van der Waals surface area contributed by atoms with Crippen molar-refractivity contribution in [1.29, 1.82) is 0 Å². The van der Waals surface area contributed by atoms with Gasteiger partial charge in [0.05, 0.1) is 11.9 Å². The summed E-state index contributed by atoms with van der Waals surface area (Å²) in [5, 5.41) is 2.59. The Hall–Kier alpha value is -3.29. The maximum Gasteiger partial charge on any atom is 0.338 e. The van der Waals surface area contributed by atoms with Crippen LogP contribution >= 0.6 is 0 Å². The summed E-state index contributed by atoms with van der Waals surface area (Å²) in [6.45, 7) is 1.49. The fourth-order valence-corrected chi connectivity index (χ4v) is 1.93. The van der Waals surface area contributed by atoms with Gasteiger partial charge in [0.2, 0.25) is 0 Å². The fraction of sp³-hybridized carbons (Fsp3) is 0.133. The summed E-state index contributed by atoms with van der Waals surface area (Å²) in [7, 11) is 0. The lowest BCUT2D eigenvalue weighted by Gasteiger charge is -2.13. The number of esters is 1. The van der Waals surface area contributed by atoms with E-state index in [0.717, 1.165) is 0 Å². The summed E-state index contributed by atoms with van der Waals surface area (Å²) in [5.41, 5.74) is 1.32. The maximum absolute atomic E-state index is 12.2. The van der Waals surface area contributed by atoms with Crippen molar-refractivity contribution in [2.75, 3.05) is 5.32 Å². The first-order valence-corrected chi connectivity index (χ1v) is 6.86. The quantitative estimate of drug-likeness (QED) is 0.707. The molecule has 2 aromatic heterocycles. The molecule has 0 aliphatic rings. The molecule has 3 aromatic rings. The minimum absolute atomic E-state index is 0.278. The molecule has 8 nitrogen and oxygen atoms in total. The van der Waals surface area contributed by atoms with Crippen molar-refractivity contribution in [2.45, 2.75) is 13.0 Å². The van der Waals surface area contributed by atoms with Gasteiger partial charge in [-0.1, -0.05) is 18.2 Å². The first-order chi connectivity index (χ1) is 11.1. The van der Waals surface area contributed by atoms with Gasteiger partial charge in [0.15, 0.2) is 17.6 Å². The highest BCUT2D eigenvalue weighted by Crippen LogP contribution is 2.15. The highest BCUT2D eigenvalue weighted by atomic mass is 16.5. The molecule has 116 valence electrons. The number of ether oxygens (including phenoxy) is 1. The Balaban J connectivity index is 1.68. The molecule has 2 N–H and O–H groups in total. The third-order valence-electron chi connectivity index (χ3n) is 3.13. The molecule has 8 heteroatoms. The second kappa shape index (κ2) is 6.22. The van der Waals surface area contributed by atoms with E-state index in [1.54, 1.807) is 30.3 Å². The second-order valence-corrected chi connectivity index (χ2v) is 4.73. The molecule has 1 amide bonds. The number of benzene rings is 1. The molecule has 1 aromatic carbocycles. The van der Waals surface area contributed by atoms with E-state index in [4.69, 9.17) is 4.74 Å². The number of aromatic amines is 1. The third-order valence-corrected chi connectivity index (χ3v) is 3.13. The molecule has 0 bridgehead atoms. The lowest BCUT2D eigenvalue weighted by Crippen LogP contribution is -2.30. The molecule has 0 saturated heterocycles. The molecule has 0 fully saturated rings. The van der Waals surface area contributed by atoms with Gasteiger partial charge in [0.1, 0.15) is 11.8 Å². The van der Waals surface area contributed by atoms with E-state index in [1.807, 2.05) is 0 Å². The highest BCUT2D eigenvalue weighted by molar-refractivity contribution is 6.00. The number of hydrogen-bond acceptors (Lipinski definition) is 6. The second-order valence-electron chi connectivity index (χ2n) is 4.73. The predicted molar refractivity (Wildman–Crippen MR) is 81.6 cm³/mol. The van der Waals surface area contributed by atoms with Crippen LogP contribution in [-0.2, 0) is 9.53 Å². The van der Waals surface area contributed by atoms with Crippen molar-refractivity contribution >= 4 is 28.9 Å². The van der Waals surface area contributed by atoms with E-state index < -0.39 is 18.0 Å². The van der Waals surface area contributed by atoms with E-state index >= 15 is 0 Å². The van der Waals surface area contributed by atoms with E-state index in [9.17, 15) is 9.59 Å². The summed E-state index contributed by atoms with van der Waals surface area (Å²) in [6.07, 6.45) is 1.77. The van der Waals surface area contributed by atoms with Crippen LogP contribution < -0.4 is 5.32 Å². The normalized spacial score (nSPS) is 11.9. The van der Waals surface area contributed by atoms with Crippen molar-refractivity contribution in [2.24, 2.45) is 0 Å². The topological polar surface area (TPSA) is 110 Å². The standard InChI is InChI=1S/C15H13N5O3/c1-9(23-15(22)10-5-3-2-4-6-10)14(21)20-13-11-12(17-7-16-11)18-8-19-13/h2-9H,1H3,(H2,16,17,18,19,20,21). The molecule has 0 aliphatic heterocycles. The van der Waals surface area contributed by atoms with Crippen molar-refractivity contribution < 1.29 is 14.3 Å². The van der Waals surface area contributed by atoms with Crippen LogP contribution in [0.2, 0.25) is 0 Å². The van der Waals surface area contributed by atoms with Crippen molar-refractivity contribution in [3.63, 3.8) is 0 Å². The number of nitrogens with zero attached hydrogens (tertiary/aromatic N) is 3. The Labute approximate surface area is 130 Å². The molecule has 1 unspecified atom stereocenters. The van der Waals surface area contributed by atoms with Gasteiger partial charge >= 0.3 is 5.97 Å². The zero-order chi connectivity index (χ0) is 16.2. The van der Waals surface area contributed by atoms with Crippen LogP contribution in [0.5, 0.6) is 0 Å². The number of anilines is 1. The Kier molecular flexibility index (Phi) is 3.96. The first-order valence-electron chi connectivity index (χ1n) is 6.86. The largest absolute Gasteiger partial charge is 0.449 e. The van der Waals surface area contributed by atoms with Crippen LogP contribution in [0.4, 0.5) is 5.82 Å². The minimum Gasteiger partial charge on any atom is -0.449 e. The van der Waals surface area contributed by atoms with Crippen LogP contribution in [0, 0.1) is 0 Å². The SMILES string of the molecule is CC(OC(=O)c1ccccc1)C(=O)Nc1ncnc2nc[nH]c12. The summed E-state index contributed by atoms with van der Waals surface area (Å²) in [4.78, 5) is 38.9. The number of H-pyrrole nitrogens is 1. The number of carbonyl (C=O) groups is 2. The van der Waals surface area contributed by atoms with Crippen molar-refractivity contribution in [1.82, 2.24) is 19.9 Å². The Morgan fingerprint density at radius 2 is 1.96 bits per heavy atom. The molecule has 2 heterocycles. The summed E-state index contributed by atoms with van der Waals surface area (Å²) < 4.78 is 5.14. The van der Waals surface area contributed by atoms with E-state index in [0.29, 0.717) is 16.7 Å². The van der Waals surface area contributed by atoms with Crippen LogP contribution in [-0.4, -0.2) is 37.9 Å². The van der Waals surface area contributed by atoms with E-state index in [2.05, 4.69) is 25.3 Å². The lowest BCUT2D eigenvalue weighted by molar-refractivity contribution is -0.123. The predicted octanol–water partition coefficient (Wildman–Crippen LogP) is 1.54. The molecular weight excluding hydrogens is 298 g/mol. The smallest absolute Gasteiger partial charge is 0.338 e. The summed E-state index contributed by atoms with van der Waals surface area (Å²) >= 11 is 0. The molecular formula is C15H13N5O3. The van der Waals surface area contributed by atoms with Gasteiger partial charge in [-0.3, -0.25) is 4.79 Å². The molecule has 23 heavy (non-hydrogen) atoms. The number of hydrogen-bond donors (Lipinski definition) is 2. The van der Waals surface area contributed by atoms with E-state index in [1.165, 1.54) is 19.6 Å². The summed E-state index contributed by atoms with van der Waals surface area (Å²) in [6, 6.07) is 8.46.